The van der Waals surface area contributed by atoms with E-state index >= 15 is 0 Å². The third-order valence-electron chi connectivity index (χ3n) is 3.29. The summed E-state index contributed by atoms with van der Waals surface area (Å²) in [6, 6.07) is 7.68. The van der Waals surface area contributed by atoms with E-state index in [1.54, 1.807) is 19.0 Å². The van der Waals surface area contributed by atoms with Crippen molar-refractivity contribution in [3.8, 4) is 0 Å². The van der Waals surface area contributed by atoms with E-state index in [2.05, 4.69) is 24.2 Å². The molecule has 1 aromatic rings. The first-order valence-corrected chi connectivity index (χ1v) is 7.74. The Hall–Kier alpha value is -1.31. The lowest BCUT2D eigenvalue weighted by atomic mass is 10.1. The molecule has 0 aliphatic heterocycles. The summed E-state index contributed by atoms with van der Waals surface area (Å²) in [7, 11) is 3.51. The standard InChI is InChI=1S/C17H28N4O.HI/c1-13(2)8-10-19-17(18)20-11-9-14-6-5-7-15(12-14)16(22)21(3)4;/h5-7,12-13H,8-11H2,1-4H3,(H3,18,19,20);1H. The molecule has 1 amide bonds. The number of carbonyl (C=O) groups excluding carboxylic acids is 1. The van der Waals surface area contributed by atoms with Crippen LogP contribution in [0.2, 0.25) is 0 Å². The van der Waals surface area contributed by atoms with Crippen molar-refractivity contribution in [3.63, 3.8) is 0 Å². The summed E-state index contributed by atoms with van der Waals surface area (Å²) < 4.78 is 0. The largest absolute Gasteiger partial charge is 0.370 e. The van der Waals surface area contributed by atoms with Crippen LogP contribution in [0.3, 0.4) is 0 Å². The predicted molar refractivity (Wildman–Crippen MR) is 108 cm³/mol. The third kappa shape index (κ3) is 8.78. The van der Waals surface area contributed by atoms with Gasteiger partial charge in [0.05, 0.1) is 0 Å². The van der Waals surface area contributed by atoms with Crippen molar-refractivity contribution in [2.24, 2.45) is 16.6 Å². The van der Waals surface area contributed by atoms with Crippen LogP contribution in [0.4, 0.5) is 0 Å². The fraction of sp³-hybridized carbons (Fsp3) is 0.529. The van der Waals surface area contributed by atoms with E-state index < -0.39 is 0 Å². The first-order chi connectivity index (χ1) is 10.4. The molecule has 0 heterocycles. The van der Waals surface area contributed by atoms with E-state index in [0.717, 1.165) is 24.9 Å². The molecule has 5 nitrogen and oxygen atoms in total. The third-order valence-corrected chi connectivity index (χ3v) is 3.29. The highest BCUT2D eigenvalue weighted by Gasteiger charge is 2.07. The van der Waals surface area contributed by atoms with Crippen LogP contribution in [0.15, 0.2) is 29.3 Å². The number of hydrogen-bond acceptors (Lipinski definition) is 2. The molecular formula is C17H29IN4O. The van der Waals surface area contributed by atoms with E-state index in [4.69, 9.17) is 5.73 Å². The molecule has 0 radical (unpaired) electrons. The van der Waals surface area contributed by atoms with E-state index in [1.165, 1.54) is 0 Å². The number of hydrogen-bond donors (Lipinski definition) is 2. The normalized spacial score (nSPS) is 11.1. The Morgan fingerprint density at radius 1 is 1.35 bits per heavy atom. The minimum atomic E-state index is 0. The summed E-state index contributed by atoms with van der Waals surface area (Å²) in [4.78, 5) is 17.8. The van der Waals surface area contributed by atoms with E-state index in [9.17, 15) is 4.79 Å². The second-order valence-electron chi connectivity index (χ2n) is 6.03. The maximum atomic E-state index is 11.9. The van der Waals surface area contributed by atoms with Gasteiger partial charge >= 0.3 is 0 Å². The van der Waals surface area contributed by atoms with Gasteiger partial charge in [0.25, 0.3) is 5.91 Å². The molecule has 3 N–H and O–H groups in total. The summed E-state index contributed by atoms with van der Waals surface area (Å²) in [6.45, 7) is 5.79. The van der Waals surface area contributed by atoms with Crippen LogP contribution >= 0.6 is 24.0 Å². The minimum Gasteiger partial charge on any atom is -0.370 e. The molecule has 6 heteroatoms. The van der Waals surface area contributed by atoms with Crippen LogP contribution in [-0.4, -0.2) is 44.0 Å². The number of rotatable bonds is 7. The van der Waals surface area contributed by atoms with Crippen LogP contribution < -0.4 is 11.1 Å². The molecule has 0 fully saturated rings. The van der Waals surface area contributed by atoms with E-state index in [0.29, 0.717) is 24.0 Å². The zero-order valence-corrected chi connectivity index (χ0v) is 16.8. The monoisotopic (exact) mass is 432 g/mol. The highest BCUT2D eigenvalue weighted by atomic mass is 127. The smallest absolute Gasteiger partial charge is 0.253 e. The Kier molecular flexibility index (Phi) is 10.6. The summed E-state index contributed by atoms with van der Waals surface area (Å²) >= 11 is 0. The zero-order valence-electron chi connectivity index (χ0n) is 14.5. The lowest BCUT2D eigenvalue weighted by molar-refractivity contribution is 0.0827. The Bertz CT molecular complexity index is 515. The van der Waals surface area contributed by atoms with Crippen molar-refractivity contribution in [1.82, 2.24) is 10.2 Å². The molecule has 0 spiro atoms. The number of aliphatic imine (C=N–C) groups is 1. The number of carbonyl (C=O) groups is 1. The molecule has 1 aromatic carbocycles. The fourth-order valence-corrected chi connectivity index (χ4v) is 1.95. The number of amides is 1. The van der Waals surface area contributed by atoms with Crippen LogP contribution in [0.25, 0.3) is 0 Å². The fourth-order valence-electron chi connectivity index (χ4n) is 1.95. The van der Waals surface area contributed by atoms with Crippen molar-refractivity contribution < 1.29 is 4.79 Å². The Labute approximate surface area is 156 Å². The molecule has 0 aromatic heterocycles. The summed E-state index contributed by atoms with van der Waals surface area (Å²) in [6.07, 6.45) is 1.84. The Morgan fingerprint density at radius 2 is 2.04 bits per heavy atom. The molecule has 0 saturated heterocycles. The Balaban J connectivity index is 0.00000484. The van der Waals surface area contributed by atoms with Crippen molar-refractivity contribution in [2.45, 2.75) is 26.7 Å². The number of guanidine groups is 1. The van der Waals surface area contributed by atoms with E-state index in [1.807, 2.05) is 24.3 Å². The van der Waals surface area contributed by atoms with Gasteiger partial charge in [-0.05, 0) is 36.5 Å². The van der Waals surface area contributed by atoms with Gasteiger partial charge in [0, 0.05) is 32.7 Å². The number of nitrogens with zero attached hydrogens (tertiary/aromatic N) is 2. The number of halogens is 1. The van der Waals surface area contributed by atoms with Gasteiger partial charge in [-0.3, -0.25) is 9.79 Å². The molecule has 0 unspecified atom stereocenters. The van der Waals surface area contributed by atoms with Gasteiger partial charge < -0.3 is 16.0 Å². The van der Waals surface area contributed by atoms with Gasteiger partial charge in [-0.15, -0.1) is 24.0 Å². The van der Waals surface area contributed by atoms with Crippen LogP contribution in [0.1, 0.15) is 36.2 Å². The highest BCUT2D eigenvalue weighted by Crippen LogP contribution is 2.07. The molecule has 0 atom stereocenters. The Morgan fingerprint density at radius 3 is 2.65 bits per heavy atom. The SMILES string of the molecule is CC(C)CCN=C(N)NCCc1cccc(C(=O)N(C)C)c1.I. The topological polar surface area (TPSA) is 70.7 Å². The minimum absolute atomic E-state index is 0. The maximum Gasteiger partial charge on any atom is 0.253 e. The molecule has 0 bridgehead atoms. The molecule has 130 valence electrons. The summed E-state index contributed by atoms with van der Waals surface area (Å²) in [5.74, 6) is 1.14. The summed E-state index contributed by atoms with van der Waals surface area (Å²) in [5, 5.41) is 3.11. The quantitative estimate of drug-likeness (QED) is 0.395. The first-order valence-electron chi connectivity index (χ1n) is 7.74. The van der Waals surface area contributed by atoms with Gasteiger partial charge in [0.1, 0.15) is 0 Å². The van der Waals surface area contributed by atoms with Crippen LogP contribution in [-0.2, 0) is 6.42 Å². The molecule has 0 aliphatic rings. The van der Waals surface area contributed by atoms with Gasteiger partial charge in [-0.2, -0.15) is 0 Å². The molecule has 23 heavy (non-hydrogen) atoms. The van der Waals surface area contributed by atoms with Crippen LogP contribution in [0, 0.1) is 5.92 Å². The summed E-state index contributed by atoms with van der Waals surface area (Å²) in [5.41, 5.74) is 7.64. The van der Waals surface area contributed by atoms with Gasteiger partial charge in [-0.25, -0.2) is 0 Å². The lowest BCUT2D eigenvalue weighted by Gasteiger charge is -2.11. The zero-order chi connectivity index (χ0) is 16.5. The van der Waals surface area contributed by atoms with Crippen molar-refractivity contribution in [1.29, 1.82) is 0 Å². The van der Waals surface area contributed by atoms with Gasteiger partial charge in [-0.1, -0.05) is 26.0 Å². The average molecular weight is 432 g/mol. The van der Waals surface area contributed by atoms with Crippen molar-refractivity contribution in [3.05, 3.63) is 35.4 Å². The number of nitrogens with one attached hydrogen (secondary N) is 1. The van der Waals surface area contributed by atoms with E-state index in [-0.39, 0.29) is 29.9 Å². The number of nitrogens with two attached hydrogens (primary N) is 1. The average Bonchev–Trinajstić information content (AvgIpc) is 2.46. The van der Waals surface area contributed by atoms with Crippen molar-refractivity contribution >= 4 is 35.8 Å². The second-order valence-corrected chi connectivity index (χ2v) is 6.03. The molecule has 0 saturated carbocycles. The lowest BCUT2D eigenvalue weighted by Crippen LogP contribution is -2.33. The van der Waals surface area contributed by atoms with Gasteiger partial charge in [0.15, 0.2) is 5.96 Å². The molecule has 1 rings (SSSR count). The second kappa shape index (κ2) is 11.3. The number of benzene rings is 1. The van der Waals surface area contributed by atoms with Gasteiger partial charge in [0.2, 0.25) is 0 Å². The highest BCUT2D eigenvalue weighted by molar-refractivity contribution is 14.0. The molecule has 0 aliphatic carbocycles. The molecular weight excluding hydrogens is 403 g/mol. The first kappa shape index (κ1) is 21.7. The van der Waals surface area contributed by atoms with Crippen molar-refractivity contribution in [2.75, 3.05) is 27.2 Å². The predicted octanol–water partition coefficient (Wildman–Crippen LogP) is 2.50. The van der Waals surface area contributed by atoms with Crippen LogP contribution in [0.5, 0.6) is 0 Å². The maximum absolute atomic E-state index is 11.9.